The van der Waals surface area contributed by atoms with Crippen LogP contribution in [0.4, 0.5) is 0 Å². The average molecular weight is 368 g/mol. The second kappa shape index (κ2) is 4.71. The molecule has 2 fully saturated rings. The Morgan fingerprint density at radius 3 is 2.70 bits per heavy atom. The van der Waals surface area contributed by atoms with Crippen LogP contribution in [0.5, 0.6) is 0 Å². The zero-order valence-corrected chi connectivity index (χ0v) is 16.7. The van der Waals surface area contributed by atoms with Gasteiger partial charge in [0.05, 0.1) is 11.5 Å². The first-order valence-corrected chi connectivity index (χ1v) is 10.5. The summed E-state index contributed by atoms with van der Waals surface area (Å²) in [6.07, 6.45) is 5.51. The van der Waals surface area contributed by atoms with Gasteiger partial charge in [-0.2, -0.15) is 0 Å². The Balaban J connectivity index is 1.56. The van der Waals surface area contributed by atoms with Gasteiger partial charge in [0, 0.05) is 36.3 Å². The number of rotatable bonds is 0. The van der Waals surface area contributed by atoms with Crippen molar-refractivity contribution in [3.8, 4) is 0 Å². The minimum atomic E-state index is -0.430. The summed E-state index contributed by atoms with van der Waals surface area (Å²) < 4.78 is 19.9. The van der Waals surface area contributed by atoms with Gasteiger partial charge < -0.3 is 13.9 Å². The van der Waals surface area contributed by atoms with Crippen LogP contribution in [-0.4, -0.2) is 17.5 Å². The number of hydrogen-bond acceptors (Lipinski definition) is 4. The van der Waals surface area contributed by atoms with Gasteiger partial charge in [-0.3, -0.25) is 4.79 Å². The summed E-state index contributed by atoms with van der Waals surface area (Å²) in [5.41, 5.74) is 1.33. The molecule has 0 amide bonds. The monoisotopic (exact) mass is 368 g/mol. The molecule has 4 nitrogen and oxygen atoms in total. The van der Waals surface area contributed by atoms with Crippen molar-refractivity contribution in [1.29, 1.82) is 0 Å². The van der Waals surface area contributed by atoms with Crippen molar-refractivity contribution in [3.63, 3.8) is 0 Å². The Kier molecular flexibility index (Phi) is 2.86. The smallest absolute Gasteiger partial charge is 0.163 e. The van der Waals surface area contributed by atoms with Gasteiger partial charge >= 0.3 is 0 Å². The lowest BCUT2D eigenvalue weighted by Crippen LogP contribution is -2.60. The van der Waals surface area contributed by atoms with E-state index >= 15 is 0 Å². The van der Waals surface area contributed by atoms with Gasteiger partial charge in [0.2, 0.25) is 0 Å². The van der Waals surface area contributed by atoms with Gasteiger partial charge in [0.25, 0.3) is 0 Å². The molecule has 2 bridgehead atoms. The van der Waals surface area contributed by atoms with Gasteiger partial charge in [-0.05, 0) is 38.2 Å². The van der Waals surface area contributed by atoms with E-state index < -0.39 is 5.60 Å². The molecule has 1 spiro atoms. The zero-order valence-electron chi connectivity index (χ0n) is 16.7. The quantitative estimate of drug-likeness (QED) is 0.653. The summed E-state index contributed by atoms with van der Waals surface area (Å²) in [7, 11) is 0. The van der Waals surface area contributed by atoms with E-state index in [0.717, 1.165) is 55.0 Å². The van der Waals surface area contributed by atoms with Crippen molar-refractivity contribution in [3.05, 3.63) is 34.5 Å². The minimum Gasteiger partial charge on any atom is -0.491 e. The fourth-order valence-electron chi connectivity index (χ4n) is 6.97. The van der Waals surface area contributed by atoms with E-state index in [0.29, 0.717) is 6.42 Å². The second-order valence-corrected chi connectivity index (χ2v) is 10.4. The molecule has 0 N–H and O–H groups in total. The number of ketones is 1. The highest BCUT2D eigenvalue weighted by Crippen LogP contribution is 2.68. The predicted molar refractivity (Wildman–Crippen MR) is 99.2 cm³/mol. The number of carbonyl (C=O) groups excluding carboxylic acids is 1. The largest absolute Gasteiger partial charge is 0.491 e. The summed E-state index contributed by atoms with van der Waals surface area (Å²) in [5, 5.41) is 0. The van der Waals surface area contributed by atoms with Gasteiger partial charge in [0.1, 0.15) is 29.0 Å². The Labute approximate surface area is 160 Å². The van der Waals surface area contributed by atoms with E-state index in [4.69, 9.17) is 13.9 Å². The second-order valence-electron chi connectivity index (χ2n) is 10.4. The Morgan fingerprint density at radius 1 is 1.11 bits per heavy atom. The number of fused-ring (bicyclic) bond motifs is 5. The molecule has 5 aliphatic rings. The van der Waals surface area contributed by atoms with Gasteiger partial charge in [0.15, 0.2) is 5.78 Å². The number of hydrogen-bond donors (Lipinski definition) is 0. The fraction of sp³-hybridized carbons (Fsp3) is 0.696. The molecule has 5 atom stereocenters. The highest BCUT2D eigenvalue weighted by atomic mass is 16.6. The lowest BCUT2D eigenvalue weighted by atomic mass is 9.58. The van der Waals surface area contributed by atoms with E-state index in [1.807, 2.05) is 6.92 Å². The van der Waals surface area contributed by atoms with E-state index in [2.05, 4.69) is 26.8 Å². The number of aryl methyl sites for hydroxylation is 1. The molecular weight excluding hydrogens is 340 g/mol. The molecule has 0 radical (unpaired) electrons. The van der Waals surface area contributed by atoms with Crippen molar-refractivity contribution in [2.24, 2.45) is 11.3 Å². The molecule has 3 aliphatic heterocycles. The first-order valence-electron chi connectivity index (χ1n) is 10.5. The molecule has 1 saturated carbocycles. The van der Waals surface area contributed by atoms with E-state index in [1.54, 1.807) is 0 Å². The maximum atomic E-state index is 13.2. The summed E-state index contributed by atoms with van der Waals surface area (Å²) in [6.45, 7) is 8.56. The molecule has 144 valence electrons. The Morgan fingerprint density at radius 2 is 1.89 bits per heavy atom. The SMILES string of the molecule is Cc1cc2c(o1)C1CCCC3C4=C(CC(C)(C)CC4=O)OC4CC2(C)OC431. The normalized spacial score (nSPS) is 43.7. The first-order chi connectivity index (χ1) is 12.7. The number of allylic oxidation sites excluding steroid dienone is 1. The summed E-state index contributed by atoms with van der Waals surface area (Å²) in [6, 6.07) is 2.16. The molecule has 2 aliphatic carbocycles. The highest BCUT2D eigenvalue weighted by molar-refractivity contribution is 5.98. The predicted octanol–water partition coefficient (Wildman–Crippen LogP) is 4.90. The van der Waals surface area contributed by atoms with Crippen molar-refractivity contribution >= 4 is 5.78 Å². The molecule has 0 aromatic carbocycles. The zero-order chi connectivity index (χ0) is 18.8. The van der Waals surface area contributed by atoms with Crippen LogP contribution in [-0.2, 0) is 19.9 Å². The lowest BCUT2D eigenvalue weighted by molar-refractivity contribution is -0.201. The molecule has 27 heavy (non-hydrogen) atoms. The van der Waals surface area contributed by atoms with Crippen molar-refractivity contribution < 1.29 is 18.7 Å². The van der Waals surface area contributed by atoms with Gasteiger partial charge in [-0.1, -0.05) is 20.3 Å². The molecule has 1 saturated heterocycles. The van der Waals surface area contributed by atoms with Crippen molar-refractivity contribution in [1.82, 2.24) is 0 Å². The molecule has 6 rings (SSSR count). The number of Topliss-reactive ketones (excluding diaryl/α,β-unsaturated/α-hetero) is 1. The van der Waals surface area contributed by atoms with Crippen molar-refractivity contribution in [2.45, 2.75) is 89.4 Å². The Bertz CT molecular complexity index is 905. The van der Waals surface area contributed by atoms with Crippen LogP contribution in [0.25, 0.3) is 0 Å². The van der Waals surface area contributed by atoms with Gasteiger partial charge in [-0.15, -0.1) is 0 Å². The third-order valence-corrected chi connectivity index (χ3v) is 7.84. The summed E-state index contributed by atoms with van der Waals surface area (Å²) >= 11 is 0. The number of furan rings is 1. The lowest BCUT2D eigenvalue weighted by Gasteiger charge is -2.55. The molecule has 5 unspecified atom stereocenters. The average Bonchev–Trinajstić information content (AvgIpc) is 3.07. The molecule has 4 heterocycles. The molecular formula is C23H28O4. The minimum absolute atomic E-state index is 0.0150. The maximum absolute atomic E-state index is 13.2. The third-order valence-electron chi connectivity index (χ3n) is 7.84. The van der Waals surface area contributed by atoms with Gasteiger partial charge in [-0.25, -0.2) is 0 Å². The maximum Gasteiger partial charge on any atom is 0.163 e. The van der Waals surface area contributed by atoms with Crippen LogP contribution in [0.3, 0.4) is 0 Å². The Hall–Kier alpha value is -1.55. The van der Waals surface area contributed by atoms with E-state index in [1.165, 1.54) is 5.56 Å². The molecule has 1 aromatic heterocycles. The topological polar surface area (TPSA) is 48.7 Å². The van der Waals surface area contributed by atoms with Crippen LogP contribution in [0.2, 0.25) is 0 Å². The van der Waals surface area contributed by atoms with Crippen LogP contribution < -0.4 is 0 Å². The van der Waals surface area contributed by atoms with E-state index in [-0.39, 0.29) is 34.7 Å². The van der Waals surface area contributed by atoms with Crippen LogP contribution in [0.15, 0.2) is 21.8 Å². The van der Waals surface area contributed by atoms with E-state index in [9.17, 15) is 4.79 Å². The number of ether oxygens (including phenoxy) is 2. The first kappa shape index (κ1) is 16.4. The molecule has 1 aromatic rings. The van der Waals surface area contributed by atoms with Crippen molar-refractivity contribution in [2.75, 3.05) is 0 Å². The third kappa shape index (κ3) is 1.86. The summed E-state index contributed by atoms with van der Waals surface area (Å²) in [4.78, 5) is 13.2. The molecule has 4 heteroatoms. The van der Waals surface area contributed by atoms with Crippen LogP contribution >= 0.6 is 0 Å². The van der Waals surface area contributed by atoms with Crippen LogP contribution in [0.1, 0.15) is 82.3 Å². The number of carbonyl (C=O) groups is 1. The standard InChI is InChI=1S/C23H28O4/c1-12-8-15-20(25-12)14-7-5-6-13-19-16(24)9-21(2,3)10-17(19)26-18-11-22(15,4)27-23(13,14)18/h8,13-14,18H,5-7,9-11H2,1-4H3. The highest BCUT2D eigenvalue weighted by Gasteiger charge is 2.71. The van der Waals surface area contributed by atoms with Crippen LogP contribution in [0, 0.1) is 18.3 Å². The fourth-order valence-corrected chi connectivity index (χ4v) is 6.97. The summed E-state index contributed by atoms with van der Waals surface area (Å²) in [5.74, 6) is 3.64.